The number of methoxy groups -OCH3 is 1. The van der Waals surface area contributed by atoms with Gasteiger partial charge in [-0.15, -0.1) is 0 Å². The van der Waals surface area contributed by atoms with E-state index in [0.29, 0.717) is 18.9 Å². The summed E-state index contributed by atoms with van der Waals surface area (Å²) in [5.74, 6) is 1.11. The van der Waals surface area contributed by atoms with E-state index in [1.807, 2.05) is 42.5 Å². The molecule has 3 heterocycles. The molecule has 2 aromatic carbocycles. The maximum absolute atomic E-state index is 13.5. The van der Waals surface area contributed by atoms with E-state index in [-0.39, 0.29) is 24.4 Å². The molecule has 5 rings (SSSR count). The minimum Gasteiger partial charge on any atom is -0.497 e. The minimum absolute atomic E-state index is 0.00428. The van der Waals surface area contributed by atoms with E-state index < -0.39 is 6.04 Å². The molecule has 0 saturated carbocycles. The summed E-state index contributed by atoms with van der Waals surface area (Å²) >= 11 is 0. The second-order valence-electron chi connectivity index (χ2n) is 8.87. The fourth-order valence-corrected chi connectivity index (χ4v) is 5.05. The first-order valence-electron chi connectivity index (χ1n) is 10.8. The molecular formula is C25H27N3O3. The molecule has 3 aromatic rings. The number of hydrogen-bond acceptors (Lipinski definition) is 3. The third-order valence-corrected chi connectivity index (χ3v) is 6.36. The summed E-state index contributed by atoms with van der Waals surface area (Å²) in [6.07, 6.45) is 0.533. The van der Waals surface area contributed by atoms with Gasteiger partial charge in [-0.1, -0.05) is 44.2 Å². The van der Waals surface area contributed by atoms with Gasteiger partial charge in [-0.25, -0.2) is 0 Å². The van der Waals surface area contributed by atoms with Crippen molar-refractivity contribution in [3.8, 4) is 5.75 Å². The zero-order valence-electron chi connectivity index (χ0n) is 18.1. The van der Waals surface area contributed by atoms with Crippen molar-refractivity contribution in [2.75, 3.05) is 20.2 Å². The van der Waals surface area contributed by atoms with Gasteiger partial charge in [-0.3, -0.25) is 9.59 Å². The third-order valence-electron chi connectivity index (χ3n) is 6.36. The van der Waals surface area contributed by atoms with Crippen molar-refractivity contribution in [3.05, 3.63) is 65.4 Å². The Kier molecular flexibility index (Phi) is 4.73. The van der Waals surface area contributed by atoms with Gasteiger partial charge in [0.1, 0.15) is 11.8 Å². The molecule has 2 aliphatic heterocycles. The molecule has 6 heteroatoms. The van der Waals surface area contributed by atoms with Crippen LogP contribution in [0.3, 0.4) is 0 Å². The third kappa shape index (κ3) is 3.17. The zero-order valence-corrected chi connectivity index (χ0v) is 18.1. The molecule has 0 aliphatic carbocycles. The molecule has 2 amide bonds. The number of para-hydroxylation sites is 1. The van der Waals surface area contributed by atoms with Crippen LogP contribution < -0.4 is 4.74 Å². The Labute approximate surface area is 181 Å². The summed E-state index contributed by atoms with van der Waals surface area (Å²) < 4.78 is 5.32. The van der Waals surface area contributed by atoms with Gasteiger partial charge in [-0.2, -0.15) is 0 Å². The lowest BCUT2D eigenvalue weighted by atomic mass is 9.86. The molecule has 6 nitrogen and oxygen atoms in total. The summed E-state index contributed by atoms with van der Waals surface area (Å²) in [6, 6.07) is 15.1. The van der Waals surface area contributed by atoms with Crippen molar-refractivity contribution >= 4 is 22.7 Å². The fraction of sp³-hybridized carbons (Fsp3) is 0.360. The van der Waals surface area contributed by atoms with Crippen molar-refractivity contribution in [1.82, 2.24) is 14.8 Å². The van der Waals surface area contributed by atoms with E-state index in [1.54, 1.807) is 16.9 Å². The predicted molar refractivity (Wildman–Crippen MR) is 119 cm³/mol. The number of aromatic nitrogens is 1. The van der Waals surface area contributed by atoms with Crippen LogP contribution in [0.25, 0.3) is 10.9 Å². The number of rotatable bonds is 4. The number of piperazine rings is 1. The molecule has 1 saturated heterocycles. The largest absolute Gasteiger partial charge is 0.497 e. The average molecular weight is 418 g/mol. The first-order chi connectivity index (χ1) is 15.0. The highest BCUT2D eigenvalue weighted by molar-refractivity contribution is 5.97. The Morgan fingerprint density at radius 2 is 1.84 bits per heavy atom. The predicted octanol–water partition coefficient (Wildman–Crippen LogP) is 3.52. The number of fused-ring (bicyclic) bond motifs is 4. The van der Waals surface area contributed by atoms with Crippen LogP contribution in [0.4, 0.5) is 0 Å². The number of ether oxygens (including phenoxy) is 1. The molecule has 0 radical (unpaired) electrons. The molecule has 2 unspecified atom stereocenters. The van der Waals surface area contributed by atoms with Gasteiger partial charge >= 0.3 is 0 Å². The van der Waals surface area contributed by atoms with Crippen LogP contribution in [0.1, 0.15) is 36.7 Å². The molecule has 2 atom stereocenters. The lowest BCUT2D eigenvalue weighted by molar-refractivity contribution is -0.159. The Balaban J connectivity index is 1.66. The summed E-state index contributed by atoms with van der Waals surface area (Å²) in [6.45, 7) is 4.88. The minimum atomic E-state index is -0.487. The number of amides is 2. The topological polar surface area (TPSA) is 65.6 Å². The van der Waals surface area contributed by atoms with Crippen molar-refractivity contribution in [3.63, 3.8) is 0 Å². The van der Waals surface area contributed by atoms with Crippen LogP contribution in [-0.4, -0.2) is 52.8 Å². The molecule has 1 N–H and O–H groups in total. The van der Waals surface area contributed by atoms with Gasteiger partial charge in [0.2, 0.25) is 11.8 Å². The normalized spacial score (nSPS) is 20.9. The van der Waals surface area contributed by atoms with Gasteiger partial charge in [0.15, 0.2) is 0 Å². The Bertz CT molecular complexity index is 1150. The van der Waals surface area contributed by atoms with Crippen LogP contribution in [-0.2, 0) is 16.0 Å². The van der Waals surface area contributed by atoms with Crippen LogP contribution in [0.15, 0.2) is 48.5 Å². The van der Waals surface area contributed by atoms with Crippen molar-refractivity contribution < 1.29 is 14.3 Å². The van der Waals surface area contributed by atoms with E-state index in [9.17, 15) is 9.59 Å². The number of H-pyrrole nitrogens is 1. The molecule has 1 aromatic heterocycles. The van der Waals surface area contributed by atoms with Gasteiger partial charge < -0.3 is 19.5 Å². The smallest absolute Gasteiger partial charge is 0.246 e. The Morgan fingerprint density at radius 1 is 1.10 bits per heavy atom. The number of hydrogen-bond donors (Lipinski definition) is 1. The van der Waals surface area contributed by atoms with Crippen molar-refractivity contribution in [1.29, 1.82) is 0 Å². The quantitative estimate of drug-likeness (QED) is 0.706. The molecule has 2 aliphatic rings. The highest BCUT2D eigenvalue weighted by Gasteiger charge is 2.48. The van der Waals surface area contributed by atoms with Crippen LogP contribution in [0.2, 0.25) is 0 Å². The number of aromatic amines is 1. The SMILES string of the molecule is COc1ccc(C2c3[nH]c4ccccc4c3CC3C(=O)N(CC(C)C)CC(=O)N32)cc1. The van der Waals surface area contributed by atoms with Crippen LogP contribution in [0, 0.1) is 5.92 Å². The zero-order chi connectivity index (χ0) is 21.7. The molecule has 31 heavy (non-hydrogen) atoms. The molecule has 160 valence electrons. The monoisotopic (exact) mass is 417 g/mol. The fourth-order valence-electron chi connectivity index (χ4n) is 5.05. The standard InChI is InChI=1S/C25H27N3O3/c1-15(2)13-27-14-22(29)28-21(25(27)30)12-19-18-6-4-5-7-20(18)26-23(19)24(28)16-8-10-17(31-3)11-9-16/h4-11,15,21,24,26H,12-14H2,1-3H3. The maximum atomic E-state index is 13.5. The first kappa shape index (κ1) is 19.7. The second kappa shape index (κ2) is 7.45. The lowest BCUT2D eigenvalue weighted by Crippen LogP contribution is -2.63. The summed E-state index contributed by atoms with van der Waals surface area (Å²) in [7, 11) is 1.64. The van der Waals surface area contributed by atoms with E-state index >= 15 is 0 Å². The van der Waals surface area contributed by atoms with Crippen molar-refractivity contribution in [2.45, 2.75) is 32.4 Å². The Hall–Kier alpha value is -3.28. The second-order valence-corrected chi connectivity index (χ2v) is 8.87. The number of carbonyl (C=O) groups is 2. The summed E-state index contributed by atoms with van der Waals surface area (Å²) in [5.41, 5.74) is 4.13. The van der Waals surface area contributed by atoms with E-state index in [1.165, 1.54) is 0 Å². The average Bonchev–Trinajstić information content (AvgIpc) is 3.14. The van der Waals surface area contributed by atoms with Crippen LogP contribution >= 0.6 is 0 Å². The van der Waals surface area contributed by atoms with Gasteiger partial charge in [-0.05, 0) is 35.2 Å². The molecule has 0 bridgehead atoms. The van der Waals surface area contributed by atoms with E-state index in [4.69, 9.17) is 4.74 Å². The molecule has 0 spiro atoms. The molecular weight excluding hydrogens is 390 g/mol. The highest BCUT2D eigenvalue weighted by atomic mass is 16.5. The van der Waals surface area contributed by atoms with E-state index in [0.717, 1.165) is 33.5 Å². The van der Waals surface area contributed by atoms with Gasteiger partial charge in [0, 0.05) is 29.6 Å². The number of nitrogens with one attached hydrogen (secondary N) is 1. The Morgan fingerprint density at radius 3 is 2.55 bits per heavy atom. The first-order valence-corrected chi connectivity index (χ1v) is 10.8. The lowest BCUT2D eigenvalue weighted by Gasteiger charge is -2.47. The number of benzene rings is 2. The van der Waals surface area contributed by atoms with Gasteiger partial charge in [0.25, 0.3) is 0 Å². The number of nitrogens with zero attached hydrogens (tertiary/aromatic N) is 2. The highest BCUT2D eigenvalue weighted by Crippen LogP contribution is 2.42. The number of carbonyl (C=O) groups excluding carboxylic acids is 2. The van der Waals surface area contributed by atoms with E-state index in [2.05, 4.69) is 24.9 Å². The summed E-state index contributed by atoms with van der Waals surface area (Å²) in [4.78, 5) is 34.0. The van der Waals surface area contributed by atoms with Gasteiger partial charge in [0.05, 0.1) is 19.7 Å². The maximum Gasteiger partial charge on any atom is 0.246 e. The molecule has 1 fully saturated rings. The van der Waals surface area contributed by atoms with Crippen LogP contribution in [0.5, 0.6) is 5.75 Å². The van der Waals surface area contributed by atoms with Crippen molar-refractivity contribution in [2.24, 2.45) is 5.92 Å². The summed E-state index contributed by atoms with van der Waals surface area (Å²) in [5, 5.41) is 1.12.